The Hall–Kier alpha value is -1.03. The van der Waals surface area contributed by atoms with E-state index in [1.165, 1.54) is 0 Å². The minimum Gasteiger partial charge on any atom is -0.383 e. The van der Waals surface area contributed by atoms with Crippen molar-refractivity contribution in [1.82, 2.24) is 0 Å². The Balaban J connectivity index is 2.45. The molecule has 0 aliphatic heterocycles. The fourth-order valence-electron chi connectivity index (χ4n) is 1.44. The third-order valence-corrected chi connectivity index (χ3v) is 3.32. The minimum atomic E-state index is 0.377. The molecule has 92 valence electrons. The van der Waals surface area contributed by atoms with Crippen LogP contribution in [0.3, 0.4) is 0 Å². The maximum absolute atomic E-state index is 6.09. The third-order valence-electron chi connectivity index (χ3n) is 2.28. The molecule has 0 aliphatic rings. The molecule has 5 heteroatoms. The summed E-state index contributed by atoms with van der Waals surface area (Å²) >= 11 is 15.5. The molecular formula is C13H9BrCl2N2. The zero-order valence-electron chi connectivity index (χ0n) is 9.20. The monoisotopic (exact) mass is 342 g/mol. The highest BCUT2D eigenvalue weighted by Gasteiger charge is 2.08. The molecule has 2 nitrogen and oxygen atoms in total. The van der Waals surface area contributed by atoms with E-state index in [9.17, 15) is 0 Å². The Morgan fingerprint density at radius 1 is 1.06 bits per heavy atom. The molecule has 2 rings (SSSR count). The van der Waals surface area contributed by atoms with Gasteiger partial charge in [0, 0.05) is 10.0 Å². The predicted molar refractivity (Wildman–Crippen MR) is 81.0 cm³/mol. The maximum atomic E-state index is 6.09. The fourth-order valence-corrected chi connectivity index (χ4v) is 2.73. The zero-order valence-corrected chi connectivity index (χ0v) is 12.3. The van der Waals surface area contributed by atoms with E-state index < -0.39 is 0 Å². The van der Waals surface area contributed by atoms with Crippen molar-refractivity contribution in [2.45, 2.75) is 0 Å². The normalized spacial score (nSPS) is 11.6. The number of halogens is 3. The fraction of sp³-hybridized carbons (Fsp3) is 0. The van der Waals surface area contributed by atoms with Gasteiger partial charge in [0.15, 0.2) is 0 Å². The molecule has 0 aliphatic carbocycles. The van der Waals surface area contributed by atoms with Gasteiger partial charge in [0.2, 0.25) is 0 Å². The van der Waals surface area contributed by atoms with Crippen molar-refractivity contribution in [3.05, 3.63) is 62.5 Å². The lowest BCUT2D eigenvalue weighted by Crippen LogP contribution is -2.12. The molecule has 0 bridgehead atoms. The van der Waals surface area contributed by atoms with Crippen molar-refractivity contribution in [3.63, 3.8) is 0 Å². The first-order valence-corrected chi connectivity index (χ1v) is 6.67. The third kappa shape index (κ3) is 3.05. The van der Waals surface area contributed by atoms with Gasteiger partial charge < -0.3 is 5.73 Å². The average Bonchev–Trinajstić information content (AvgIpc) is 2.34. The highest BCUT2D eigenvalue weighted by molar-refractivity contribution is 9.10. The Kier molecular flexibility index (Phi) is 4.27. The summed E-state index contributed by atoms with van der Waals surface area (Å²) in [6, 6.07) is 12.9. The van der Waals surface area contributed by atoms with E-state index in [1.54, 1.807) is 12.1 Å². The van der Waals surface area contributed by atoms with Crippen LogP contribution in [-0.4, -0.2) is 5.84 Å². The highest BCUT2D eigenvalue weighted by Crippen LogP contribution is 2.36. The van der Waals surface area contributed by atoms with Crippen LogP contribution in [0.2, 0.25) is 10.0 Å². The van der Waals surface area contributed by atoms with Crippen molar-refractivity contribution in [2.24, 2.45) is 10.7 Å². The summed E-state index contributed by atoms with van der Waals surface area (Å²) in [5, 5.41) is 0.904. The Bertz CT molecular complexity index is 574. The lowest BCUT2D eigenvalue weighted by atomic mass is 10.2. The molecule has 0 saturated carbocycles. The van der Waals surface area contributed by atoms with Gasteiger partial charge in [0.05, 0.1) is 10.0 Å². The van der Waals surface area contributed by atoms with E-state index in [1.807, 2.05) is 30.3 Å². The summed E-state index contributed by atoms with van der Waals surface area (Å²) in [5.74, 6) is 0.377. The molecule has 0 saturated heterocycles. The van der Waals surface area contributed by atoms with E-state index in [0.717, 1.165) is 10.0 Å². The summed E-state index contributed by atoms with van der Waals surface area (Å²) in [4.78, 5) is 4.28. The van der Waals surface area contributed by atoms with Crippen LogP contribution in [0.5, 0.6) is 0 Å². The molecule has 0 atom stereocenters. The number of hydrogen-bond donors (Lipinski definition) is 1. The molecule has 0 spiro atoms. The largest absolute Gasteiger partial charge is 0.383 e. The van der Waals surface area contributed by atoms with Crippen LogP contribution in [0.4, 0.5) is 5.69 Å². The van der Waals surface area contributed by atoms with Gasteiger partial charge in [-0.2, -0.15) is 0 Å². The summed E-state index contributed by atoms with van der Waals surface area (Å²) in [6.07, 6.45) is 0. The van der Waals surface area contributed by atoms with Crippen LogP contribution >= 0.6 is 39.1 Å². The smallest absolute Gasteiger partial charge is 0.131 e. The van der Waals surface area contributed by atoms with Crippen molar-refractivity contribution in [1.29, 1.82) is 0 Å². The number of aliphatic imine (C=N–C) groups is 1. The van der Waals surface area contributed by atoms with Crippen LogP contribution in [0.1, 0.15) is 5.56 Å². The number of hydrogen-bond acceptors (Lipinski definition) is 1. The summed E-state index contributed by atoms with van der Waals surface area (Å²) < 4.78 is 0.801. The van der Waals surface area contributed by atoms with E-state index in [0.29, 0.717) is 21.6 Å². The lowest BCUT2D eigenvalue weighted by Gasteiger charge is -2.05. The molecule has 0 unspecified atom stereocenters. The Labute approximate surface area is 124 Å². The van der Waals surface area contributed by atoms with Crippen molar-refractivity contribution in [2.75, 3.05) is 0 Å². The lowest BCUT2D eigenvalue weighted by molar-refractivity contribution is 1.44. The van der Waals surface area contributed by atoms with Gasteiger partial charge in [0.25, 0.3) is 0 Å². The average molecular weight is 344 g/mol. The standard InChI is InChI=1S/C13H9BrCl2N2/c14-9-6-10(15)12(11(16)7-9)18-13(17)8-4-2-1-3-5-8/h1-7H,(H2,17,18). The molecule has 0 heterocycles. The van der Waals surface area contributed by atoms with Crippen LogP contribution in [-0.2, 0) is 0 Å². The molecule has 2 N–H and O–H groups in total. The first-order chi connectivity index (χ1) is 8.58. The highest BCUT2D eigenvalue weighted by atomic mass is 79.9. The van der Waals surface area contributed by atoms with Gasteiger partial charge in [-0.15, -0.1) is 0 Å². The molecular weight excluding hydrogens is 335 g/mol. The molecule has 0 radical (unpaired) electrons. The van der Waals surface area contributed by atoms with Gasteiger partial charge in [-0.05, 0) is 12.1 Å². The summed E-state index contributed by atoms with van der Waals surface area (Å²) in [7, 11) is 0. The predicted octanol–water partition coefficient (Wildman–Crippen LogP) is 4.79. The minimum absolute atomic E-state index is 0.377. The molecule has 2 aromatic carbocycles. The summed E-state index contributed by atoms with van der Waals surface area (Å²) in [6.45, 7) is 0. The van der Waals surface area contributed by atoms with Gasteiger partial charge in [-0.3, -0.25) is 0 Å². The van der Waals surface area contributed by atoms with Crippen molar-refractivity contribution in [3.8, 4) is 0 Å². The first kappa shape index (κ1) is 13.4. The quantitative estimate of drug-likeness (QED) is 0.617. The molecule has 18 heavy (non-hydrogen) atoms. The van der Waals surface area contributed by atoms with Crippen LogP contribution in [0.15, 0.2) is 51.9 Å². The zero-order chi connectivity index (χ0) is 13.1. The van der Waals surface area contributed by atoms with Gasteiger partial charge in [-0.25, -0.2) is 4.99 Å². The molecule has 2 aromatic rings. The van der Waals surface area contributed by atoms with Crippen molar-refractivity contribution >= 4 is 50.7 Å². The molecule has 0 aromatic heterocycles. The Morgan fingerprint density at radius 2 is 1.61 bits per heavy atom. The number of benzene rings is 2. The SMILES string of the molecule is NC(=Nc1c(Cl)cc(Br)cc1Cl)c1ccccc1. The topological polar surface area (TPSA) is 38.4 Å². The number of rotatable bonds is 2. The van der Waals surface area contributed by atoms with Crippen LogP contribution in [0, 0.1) is 0 Å². The Morgan fingerprint density at radius 3 is 2.17 bits per heavy atom. The van der Waals surface area contributed by atoms with E-state index in [2.05, 4.69) is 20.9 Å². The summed E-state index contributed by atoms with van der Waals surface area (Å²) in [5.41, 5.74) is 7.23. The van der Waals surface area contributed by atoms with Crippen LogP contribution < -0.4 is 5.73 Å². The number of amidine groups is 1. The second-order valence-corrected chi connectivity index (χ2v) is 5.31. The van der Waals surface area contributed by atoms with Gasteiger partial charge >= 0.3 is 0 Å². The second kappa shape index (κ2) is 5.74. The van der Waals surface area contributed by atoms with Gasteiger partial charge in [0.1, 0.15) is 11.5 Å². The second-order valence-electron chi connectivity index (χ2n) is 3.58. The molecule has 0 fully saturated rings. The van der Waals surface area contributed by atoms with E-state index in [4.69, 9.17) is 28.9 Å². The number of nitrogens with zero attached hydrogens (tertiary/aromatic N) is 1. The number of nitrogens with two attached hydrogens (primary N) is 1. The molecule has 0 amide bonds. The van der Waals surface area contributed by atoms with Gasteiger partial charge in [-0.1, -0.05) is 69.5 Å². The van der Waals surface area contributed by atoms with Crippen LogP contribution in [0.25, 0.3) is 0 Å². The maximum Gasteiger partial charge on any atom is 0.131 e. The first-order valence-electron chi connectivity index (χ1n) is 5.12. The van der Waals surface area contributed by atoms with E-state index in [-0.39, 0.29) is 0 Å². The van der Waals surface area contributed by atoms with E-state index >= 15 is 0 Å². The van der Waals surface area contributed by atoms with Crippen molar-refractivity contribution < 1.29 is 0 Å².